The number of ketones is 1. The maximum absolute atomic E-state index is 12.8. The summed E-state index contributed by atoms with van der Waals surface area (Å²) in [6, 6.07) is 16.5. The first-order chi connectivity index (χ1) is 10.5. The minimum atomic E-state index is -0.798. The summed E-state index contributed by atoms with van der Waals surface area (Å²) in [6.45, 7) is 3.64. The topological polar surface area (TPSA) is 35.5 Å². The van der Waals surface area contributed by atoms with Crippen molar-refractivity contribution in [2.75, 3.05) is 0 Å². The van der Waals surface area contributed by atoms with Crippen LogP contribution < -0.4 is 0 Å². The van der Waals surface area contributed by atoms with E-state index < -0.39 is 18.0 Å². The third-order valence-corrected chi connectivity index (χ3v) is 3.86. The number of carbonyl (C=O) groups is 1. The summed E-state index contributed by atoms with van der Waals surface area (Å²) in [5, 5.41) is 0.597. The largest absolute Gasteiger partial charge is 0.339 e. The number of benzene rings is 2. The van der Waals surface area contributed by atoms with Crippen LogP contribution in [0.25, 0.3) is 0 Å². The Balaban J connectivity index is 1.92. The second-order valence-corrected chi connectivity index (χ2v) is 6.19. The molecule has 2 aromatic carbocycles. The van der Waals surface area contributed by atoms with E-state index in [4.69, 9.17) is 21.1 Å². The molecule has 4 heteroatoms. The van der Waals surface area contributed by atoms with Crippen LogP contribution in [0.4, 0.5) is 0 Å². The van der Waals surface area contributed by atoms with Gasteiger partial charge in [-0.3, -0.25) is 4.79 Å². The van der Waals surface area contributed by atoms with Gasteiger partial charge in [-0.05, 0) is 43.7 Å². The molecule has 1 fully saturated rings. The third kappa shape index (κ3) is 3.07. The van der Waals surface area contributed by atoms with Gasteiger partial charge >= 0.3 is 0 Å². The lowest BCUT2D eigenvalue weighted by Gasteiger charge is -2.16. The maximum atomic E-state index is 12.8. The molecule has 114 valence electrons. The lowest BCUT2D eigenvalue weighted by atomic mass is 9.97. The highest BCUT2D eigenvalue weighted by molar-refractivity contribution is 6.30. The van der Waals surface area contributed by atoms with E-state index in [2.05, 4.69) is 0 Å². The number of Topliss-reactive ketones (excluding diaryl/α,β-unsaturated/α-hetero) is 1. The second kappa shape index (κ2) is 5.84. The molecule has 0 amide bonds. The lowest BCUT2D eigenvalue weighted by molar-refractivity contribution is -0.143. The van der Waals surface area contributed by atoms with Gasteiger partial charge in [0.2, 0.25) is 0 Å². The summed E-state index contributed by atoms with van der Waals surface area (Å²) in [5.41, 5.74) is 1.50. The predicted octanol–water partition coefficient (Wildman–Crippen LogP) is 4.42. The van der Waals surface area contributed by atoms with E-state index in [9.17, 15) is 4.79 Å². The summed E-state index contributed by atoms with van der Waals surface area (Å²) in [4.78, 5) is 12.8. The minimum absolute atomic E-state index is 0.101. The molecule has 0 bridgehead atoms. The second-order valence-electron chi connectivity index (χ2n) is 5.76. The molecule has 1 aliphatic heterocycles. The number of carbonyl (C=O) groups excluding carboxylic acids is 1. The van der Waals surface area contributed by atoms with Crippen molar-refractivity contribution in [3.8, 4) is 0 Å². The zero-order valence-corrected chi connectivity index (χ0v) is 13.2. The number of rotatable bonds is 3. The van der Waals surface area contributed by atoms with Gasteiger partial charge in [-0.15, -0.1) is 0 Å². The zero-order chi connectivity index (χ0) is 15.7. The van der Waals surface area contributed by atoms with Crippen molar-refractivity contribution in [1.29, 1.82) is 0 Å². The predicted molar refractivity (Wildman–Crippen MR) is 85.0 cm³/mol. The van der Waals surface area contributed by atoms with E-state index in [1.54, 1.807) is 24.3 Å². The Hall–Kier alpha value is -1.68. The number of hydrogen-bond donors (Lipinski definition) is 0. The minimum Gasteiger partial charge on any atom is -0.339 e. The standard InChI is InChI=1S/C18H17ClO3/c1-18(2)21-16(13-6-4-3-5-7-13)17(22-18)15(20)12-8-10-14(19)11-9-12/h3-11,16-17H,1-2H3/t16-,17+/m1/s1. The summed E-state index contributed by atoms with van der Waals surface area (Å²) in [6.07, 6.45) is -1.09. The van der Waals surface area contributed by atoms with Gasteiger partial charge in [-0.25, -0.2) is 0 Å². The summed E-state index contributed by atoms with van der Waals surface area (Å²) in [5.74, 6) is -0.899. The first kappa shape index (κ1) is 15.2. The van der Waals surface area contributed by atoms with Crippen LogP contribution >= 0.6 is 11.6 Å². The van der Waals surface area contributed by atoms with Crippen molar-refractivity contribution in [2.45, 2.75) is 31.8 Å². The van der Waals surface area contributed by atoms with Gasteiger partial charge in [0.05, 0.1) is 0 Å². The molecule has 1 saturated heterocycles. The van der Waals surface area contributed by atoms with Crippen LogP contribution in [0.5, 0.6) is 0 Å². The lowest BCUT2D eigenvalue weighted by Crippen LogP contribution is -2.28. The van der Waals surface area contributed by atoms with Gasteiger partial charge in [-0.2, -0.15) is 0 Å². The zero-order valence-electron chi connectivity index (χ0n) is 12.5. The molecule has 0 radical (unpaired) electrons. The van der Waals surface area contributed by atoms with Crippen molar-refractivity contribution in [2.24, 2.45) is 0 Å². The van der Waals surface area contributed by atoms with E-state index in [1.807, 2.05) is 44.2 Å². The number of halogens is 1. The van der Waals surface area contributed by atoms with Gasteiger partial charge in [0.25, 0.3) is 0 Å². The highest BCUT2D eigenvalue weighted by atomic mass is 35.5. The third-order valence-electron chi connectivity index (χ3n) is 3.61. The van der Waals surface area contributed by atoms with Crippen LogP contribution in [0.2, 0.25) is 5.02 Å². The number of hydrogen-bond acceptors (Lipinski definition) is 3. The molecule has 1 aliphatic rings. The Morgan fingerprint density at radius 1 is 1.00 bits per heavy atom. The van der Waals surface area contributed by atoms with Crippen molar-refractivity contribution >= 4 is 17.4 Å². The monoisotopic (exact) mass is 316 g/mol. The summed E-state index contributed by atoms with van der Waals surface area (Å²) in [7, 11) is 0. The SMILES string of the molecule is CC1(C)O[C@H](c2ccccc2)[C@H](C(=O)c2ccc(Cl)cc2)O1. The maximum Gasteiger partial charge on any atom is 0.194 e. The van der Waals surface area contributed by atoms with E-state index in [-0.39, 0.29) is 5.78 Å². The fraction of sp³-hybridized carbons (Fsp3) is 0.278. The molecule has 0 aromatic heterocycles. The Labute approximate surface area is 134 Å². The van der Waals surface area contributed by atoms with Crippen molar-refractivity contribution in [3.63, 3.8) is 0 Å². The average Bonchev–Trinajstić information content (AvgIpc) is 2.84. The van der Waals surface area contributed by atoms with Crippen molar-refractivity contribution in [1.82, 2.24) is 0 Å². The van der Waals surface area contributed by atoms with Gasteiger partial charge in [0.15, 0.2) is 17.7 Å². The van der Waals surface area contributed by atoms with Gasteiger partial charge in [0.1, 0.15) is 6.10 Å². The van der Waals surface area contributed by atoms with Crippen LogP contribution in [-0.4, -0.2) is 17.7 Å². The molecule has 0 aliphatic carbocycles. The van der Waals surface area contributed by atoms with Gasteiger partial charge in [-0.1, -0.05) is 41.9 Å². The molecule has 22 heavy (non-hydrogen) atoms. The van der Waals surface area contributed by atoms with Crippen LogP contribution in [0, 0.1) is 0 Å². The smallest absolute Gasteiger partial charge is 0.194 e. The van der Waals surface area contributed by atoms with Gasteiger partial charge in [0, 0.05) is 10.6 Å². The molecular formula is C18H17ClO3. The van der Waals surface area contributed by atoms with E-state index in [0.29, 0.717) is 10.6 Å². The highest BCUT2D eigenvalue weighted by Gasteiger charge is 2.45. The van der Waals surface area contributed by atoms with E-state index in [1.165, 1.54) is 0 Å². The van der Waals surface area contributed by atoms with Crippen LogP contribution in [-0.2, 0) is 9.47 Å². The van der Waals surface area contributed by atoms with E-state index >= 15 is 0 Å². The molecule has 2 aromatic rings. The molecule has 0 saturated carbocycles. The fourth-order valence-corrected chi connectivity index (χ4v) is 2.74. The van der Waals surface area contributed by atoms with Crippen LogP contribution in [0.15, 0.2) is 54.6 Å². The van der Waals surface area contributed by atoms with Crippen molar-refractivity contribution < 1.29 is 14.3 Å². The fourth-order valence-electron chi connectivity index (χ4n) is 2.62. The average molecular weight is 317 g/mol. The first-order valence-corrected chi connectivity index (χ1v) is 7.54. The Kier molecular flexibility index (Phi) is 4.04. The Morgan fingerprint density at radius 3 is 2.27 bits per heavy atom. The van der Waals surface area contributed by atoms with Crippen LogP contribution in [0.1, 0.15) is 35.9 Å². The van der Waals surface area contributed by atoms with Gasteiger partial charge < -0.3 is 9.47 Å². The Bertz CT molecular complexity index is 664. The summed E-state index contributed by atoms with van der Waals surface area (Å²) >= 11 is 5.88. The molecule has 2 atom stereocenters. The molecule has 0 spiro atoms. The number of ether oxygens (including phenoxy) is 2. The molecule has 3 rings (SSSR count). The van der Waals surface area contributed by atoms with Crippen LogP contribution in [0.3, 0.4) is 0 Å². The molecule has 3 nitrogen and oxygen atoms in total. The Morgan fingerprint density at radius 2 is 1.64 bits per heavy atom. The normalized spacial score (nSPS) is 23.4. The molecule has 0 unspecified atom stereocenters. The van der Waals surface area contributed by atoms with E-state index in [0.717, 1.165) is 5.56 Å². The summed E-state index contributed by atoms with van der Waals surface area (Å²) < 4.78 is 11.8. The van der Waals surface area contributed by atoms with Crippen molar-refractivity contribution in [3.05, 3.63) is 70.7 Å². The molecule has 0 N–H and O–H groups in total. The molecule has 1 heterocycles. The highest BCUT2D eigenvalue weighted by Crippen LogP contribution is 2.39. The molecular weight excluding hydrogens is 300 g/mol. The quantitative estimate of drug-likeness (QED) is 0.787. The first-order valence-electron chi connectivity index (χ1n) is 7.17.